The molecule has 2 aromatic heterocycles. The minimum Gasteiger partial charge on any atom is -0.369 e. The molecule has 0 radical (unpaired) electrons. The molecule has 0 spiro atoms. The van der Waals surface area contributed by atoms with Crippen molar-refractivity contribution in [2.45, 2.75) is 52.4 Å². The van der Waals surface area contributed by atoms with Gasteiger partial charge in [-0.3, -0.25) is 0 Å². The highest BCUT2D eigenvalue weighted by Gasteiger charge is 2.11. The lowest BCUT2D eigenvalue weighted by Crippen LogP contribution is -2.11. The molecule has 0 atom stereocenters. The zero-order chi connectivity index (χ0) is 14.7. The number of rotatable bonds is 4. The summed E-state index contributed by atoms with van der Waals surface area (Å²) in [5, 5.41) is 7.80. The Hall–Kier alpha value is -1.91. The molecule has 5 nitrogen and oxygen atoms in total. The van der Waals surface area contributed by atoms with Crippen molar-refractivity contribution in [1.29, 1.82) is 0 Å². The molecule has 112 valence electrons. The number of fused-ring (bicyclic) bond motifs is 1. The number of aromatic nitrogens is 4. The highest BCUT2D eigenvalue weighted by Crippen LogP contribution is 2.21. The van der Waals surface area contributed by atoms with Gasteiger partial charge in [0.15, 0.2) is 0 Å². The van der Waals surface area contributed by atoms with Gasteiger partial charge in [0, 0.05) is 17.8 Å². The van der Waals surface area contributed by atoms with E-state index in [0.717, 1.165) is 30.0 Å². The largest absolute Gasteiger partial charge is 0.369 e. The van der Waals surface area contributed by atoms with Crippen LogP contribution in [0, 0.1) is 13.8 Å². The van der Waals surface area contributed by atoms with Crippen molar-refractivity contribution in [2.75, 3.05) is 11.9 Å². The normalized spacial score (nSPS) is 15.8. The monoisotopic (exact) mass is 285 g/mol. The van der Waals surface area contributed by atoms with E-state index in [1.807, 2.05) is 6.92 Å². The summed E-state index contributed by atoms with van der Waals surface area (Å²) in [5.74, 6) is 1.68. The third kappa shape index (κ3) is 3.06. The van der Waals surface area contributed by atoms with Crippen LogP contribution in [0.3, 0.4) is 0 Å². The third-order valence-electron chi connectivity index (χ3n) is 4.28. The summed E-state index contributed by atoms with van der Waals surface area (Å²) in [7, 11) is 0. The van der Waals surface area contributed by atoms with Gasteiger partial charge in [-0.25, -0.2) is 4.98 Å². The lowest BCUT2D eigenvalue weighted by atomic mass is 10.1. The first kappa shape index (κ1) is 14.0. The Balaban J connectivity index is 1.71. The van der Waals surface area contributed by atoms with Crippen LogP contribution >= 0.6 is 0 Å². The molecule has 1 aliphatic rings. The molecule has 1 aliphatic carbocycles. The van der Waals surface area contributed by atoms with Crippen molar-refractivity contribution in [3.63, 3.8) is 0 Å². The van der Waals surface area contributed by atoms with Crippen LogP contribution < -0.4 is 5.32 Å². The summed E-state index contributed by atoms with van der Waals surface area (Å²) in [6, 6.07) is 0. The summed E-state index contributed by atoms with van der Waals surface area (Å²) in [5.41, 5.74) is 3.74. The van der Waals surface area contributed by atoms with Gasteiger partial charge in [-0.15, -0.1) is 0 Å². The van der Waals surface area contributed by atoms with Gasteiger partial charge < -0.3 is 5.32 Å². The Bertz CT molecular complexity index is 656. The fourth-order valence-corrected chi connectivity index (χ4v) is 2.89. The van der Waals surface area contributed by atoms with Crippen LogP contribution in [-0.2, 0) is 0 Å². The smallest absolute Gasteiger partial charge is 0.254 e. The standard InChI is InChI=1S/C16H23N5/c1-12-13(2)20-16-18-11-19-21(16)15(12)17-10-9-14-7-5-3-4-6-8-14/h7,11,17H,3-6,8-10H2,1-2H3. The molecule has 2 aromatic rings. The Labute approximate surface area is 125 Å². The number of hydrogen-bond acceptors (Lipinski definition) is 4. The molecule has 0 aromatic carbocycles. The highest BCUT2D eigenvalue weighted by atomic mass is 15.4. The molecule has 21 heavy (non-hydrogen) atoms. The zero-order valence-electron chi connectivity index (χ0n) is 12.9. The van der Waals surface area contributed by atoms with Gasteiger partial charge in [0.05, 0.1) is 0 Å². The maximum Gasteiger partial charge on any atom is 0.254 e. The predicted octanol–water partition coefficient (Wildman–Crippen LogP) is 3.43. The van der Waals surface area contributed by atoms with Crippen LogP contribution in [0.5, 0.6) is 0 Å². The van der Waals surface area contributed by atoms with Crippen LogP contribution in [-0.4, -0.2) is 26.1 Å². The van der Waals surface area contributed by atoms with Crippen LogP contribution in [0.2, 0.25) is 0 Å². The second kappa shape index (κ2) is 6.24. The number of nitrogens with zero attached hydrogens (tertiary/aromatic N) is 4. The Morgan fingerprint density at radius 3 is 3.05 bits per heavy atom. The van der Waals surface area contributed by atoms with E-state index >= 15 is 0 Å². The molecular formula is C16H23N5. The second-order valence-electron chi connectivity index (χ2n) is 5.78. The summed E-state index contributed by atoms with van der Waals surface area (Å²) in [6.07, 6.45) is 11.7. The van der Waals surface area contributed by atoms with Crippen LogP contribution in [0.4, 0.5) is 5.82 Å². The molecule has 0 saturated carbocycles. The summed E-state index contributed by atoms with van der Waals surface area (Å²) < 4.78 is 1.80. The maximum absolute atomic E-state index is 4.44. The van der Waals surface area contributed by atoms with Crippen molar-refractivity contribution < 1.29 is 0 Å². The van der Waals surface area contributed by atoms with Crippen molar-refractivity contribution in [3.8, 4) is 0 Å². The highest BCUT2D eigenvalue weighted by molar-refractivity contribution is 5.51. The third-order valence-corrected chi connectivity index (χ3v) is 4.28. The summed E-state index contributed by atoms with van der Waals surface area (Å²) in [6.45, 7) is 5.03. The van der Waals surface area contributed by atoms with Gasteiger partial charge in [-0.1, -0.05) is 18.1 Å². The van der Waals surface area contributed by atoms with Gasteiger partial charge in [-0.05, 0) is 46.0 Å². The van der Waals surface area contributed by atoms with E-state index in [2.05, 4.69) is 33.4 Å². The zero-order valence-corrected chi connectivity index (χ0v) is 12.9. The first-order valence-electron chi connectivity index (χ1n) is 7.84. The quantitative estimate of drug-likeness (QED) is 0.874. The molecule has 0 unspecified atom stereocenters. The fraction of sp³-hybridized carbons (Fsp3) is 0.562. The average Bonchev–Trinajstić information content (AvgIpc) is 2.78. The predicted molar refractivity (Wildman–Crippen MR) is 84.5 cm³/mol. The Morgan fingerprint density at radius 2 is 2.14 bits per heavy atom. The minimum absolute atomic E-state index is 0.661. The lowest BCUT2D eigenvalue weighted by molar-refractivity contribution is 0.703. The van der Waals surface area contributed by atoms with E-state index in [1.165, 1.54) is 32.1 Å². The maximum atomic E-state index is 4.44. The van der Waals surface area contributed by atoms with Crippen molar-refractivity contribution in [1.82, 2.24) is 19.6 Å². The van der Waals surface area contributed by atoms with E-state index < -0.39 is 0 Å². The number of allylic oxidation sites excluding steroid dienone is 1. The second-order valence-corrected chi connectivity index (χ2v) is 5.78. The van der Waals surface area contributed by atoms with Gasteiger partial charge in [0.25, 0.3) is 5.78 Å². The Kier molecular flexibility index (Phi) is 4.18. The van der Waals surface area contributed by atoms with E-state index in [0.29, 0.717) is 5.78 Å². The van der Waals surface area contributed by atoms with Crippen LogP contribution in [0.15, 0.2) is 18.0 Å². The van der Waals surface area contributed by atoms with E-state index in [1.54, 1.807) is 16.4 Å². The summed E-state index contributed by atoms with van der Waals surface area (Å²) >= 11 is 0. The lowest BCUT2D eigenvalue weighted by Gasteiger charge is -2.13. The van der Waals surface area contributed by atoms with Gasteiger partial charge in [0.1, 0.15) is 12.1 Å². The molecule has 3 rings (SSSR count). The molecule has 2 heterocycles. The average molecular weight is 285 g/mol. The number of aryl methyl sites for hydroxylation is 1. The van der Waals surface area contributed by atoms with Crippen molar-refractivity contribution >= 4 is 11.6 Å². The van der Waals surface area contributed by atoms with Crippen LogP contribution in [0.1, 0.15) is 49.8 Å². The minimum atomic E-state index is 0.661. The van der Waals surface area contributed by atoms with E-state index in [9.17, 15) is 0 Å². The number of nitrogens with one attached hydrogen (secondary N) is 1. The Morgan fingerprint density at radius 1 is 1.24 bits per heavy atom. The molecule has 0 amide bonds. The molecule has 0 bridgehead atoms. The van der Waals surface area contributed by atoms with Gasteiger partial charge >= 0.3 is 0 Å². The van der Waals surface area contributed by atoms with E-state index in [4.69, 9.17) is 0 Å². The molecule has 5 heteroatoms. The van der Waals surface area contributed by atoms with Crippen LogP contribution in [0.25, 0.3) is 5.78 Å². The summed E-state index contributed by atoms with van der Waals surface area (Å²) in [4.78, 5) is 8.63. The van der Waals surface area contributed by atoms with Gasteiger partial charge in [-0.2, -0.15) is 14.6 Å². The molecule has 0 saturated heterocycles. The number of hydrogen-bond donors (Lipinski definition) is 1. The van der Waals surface area contributed by atoms with Gasteiger partial charge in [0.2, 0.25) is 0 Å². The molecule has 1 N–H and O–H groups in total. The first-order chi connectivity index (χ1) is 10.3. The fourth-order valence-electron chi connectivity index (χ4n) is 2.89. The SMILES string of the molecule is Cc1nc2ncnn2c(NCCC2=CCCCCC2)c1C. The number of anilines is 1. The molecular weight excluding hydrogens is 262 g/mol. The van der Waals surface area contributed by atoms with Crippen molar-refractivity contribution in [2.24, 2.45) is 0 Å². The molecule has 0 aliphatic heterocycles. The van der Waals surface area contributed by atoms with Crippen molar-refractivity contribution in [3.05, 3.63) is 29.2 Å². The molecule has 0 fully saturated rings. The van der Waals surface area contributed by atoms with E-state index in [-0.39, 0.29) is 0 Å². The topological polar surface area (TPSA) is 55.1 Å². The first-order valence-corrected chi connectivity index (χ1v) is 7.84.